The summed E-state index contributed by atoms with van der Waals surface area (Å²) in [4.78, 5) is 17.6. The third-order valence-electron chi connectivity index (χ3n) is 4.10. The highest BCUT2D eigenvalue weighted by atomic mass is 16.1. The van der Waals surface area contributed by atoms with Crippen molar-refractivity contribution in [2.45, 2.75) is 41.5 Å². The summed E-state index contributed by atoms with van der Waals surface area (Å²) >= 11 is 0. The second-order valence-corrected chi connectivity index (χ2v) is 8.28. The number of aliphatic imine (C=N–C) groups is 1. The summed E-state index contributed by atoms with van der Waals surface area (Å²) in [6.45, 7) is 12.4. The van der Waals surface area contributed by atoms with Gasteiger partial charge in [-0.3, -0.25) is 4.79 Å². The third-order valence-corrected chi connectivity index (χ3v) is 4.10. The normalized spacial score (nSPS) is 15.8. The van der Waals surface area contributed by atoms with E-state index in [9.17, 15) is 4.79 Å². The minimum atomic E-state index is -0.210. The predicted octanol–water partition coefficient (Wildman–Crippen LogP) is 5.33. The molecule has 0 amide bonds. The van der Waals surface area contributed by atoms with Crippen molar-refractivity contribution in [1.29, 1.82) is 0 Å². The fraction of sp³-hybridized carbons (Fsp3) is 0.429. The number of nitrogens with one attached hydrogen (secondary N) is 1. The van der Waals surface area contributed by atoms with Crippen LogP contribution in [0.4, 0.5) is 11.4 Å². The number of hydrogen-bond acceptors (Lipinski definition) is 3. The fourth-order valence-electron chi connectivity index (χ4n) is 2.64. The molecule has 0 bridgehead atoms. The van der Waals surface area contributed by atoms with Crippen LogP contribution in [-0.4, -0.2) is 18.5 Å². The molecule has 2 rings (SSSR count). The Morgan fingerprint density at radius 2 is 1.29 bits per heavy atom. The number of Topliss-reactive ketones (excluding diaryl/α,β-unsaturated/α-hetero) is 1. The maximum atomic E-state index is 12.9. The smallest absolute Gasteiger partial charge is 0.186 e. The summed E-state index contributed by atoms with van der Waals surface area (Å²) in [5, 5.41) is 3.10. The number of carbonyl (C=O) groups is 1. The van der Waals surface area contributed by atoms with Crippen LogP contribution < -0.4 is 5.32 Å². The molecule has 1 aromatic rings. The van der Waals surface area contributed by atoms with Gasteiger partial charge in [0.05, 0.1) is 11.4 Å². The van der Waals surface area contributed by atoms with Gasteiger partial charge in [-0.1, -0.05) is 41.5 Å². The Bertz CT molecular complexity index is 685. The van der Waals surface area contributed by atoms with Gasteiger partial charge >= 0.3 is 0 Å². The molecule has 1 aromatic carbocycles. The van der Waals surface area contributed by atoms with Gasteiger partial charge in [-0.25, -0.2) is 4.99 Å². The first-order valence-corrected chi connectivity index (χ1v) is 8.38. The van der Waals surface area contributed by atoms with E-state index in [2.05, 4.69) is 46.9 Å². The Balaban J connectivity index is 2.52. The second kappa shape index (κ2) is 6.39. The summed E-state index contributed by atoms with van der Waals surface area (Å²) in [5.41, 5.74) is 3.99. The average molecular weight is 324 g/mol. The highest BCUT2D eigenvalue weighted by molar-refractivity contribution is 6.23. The monoisotopic (exact) mass is 324 g/mol. The summed E-state index contributed by atoms with van der Waals surface area (Å²) in [7, 11) is 1.89. The molecule has 0 spiro atoms. The van der Waals surface area contributed by atoms with E-state index < -0.39 is 0 Å². The maximum absolute atomic E-state index is 12.9. The van der Waals surface area contributed by atoms with Crippen LogP contribution in [0.3, 0.4) is 0 Å². The number of carbonyl (C=O) groups excluding carboxylic acids is 1. The first-order valence-electron chi connectivity index (χ1n) is 8.38. The fourth-order valence-corrected chi connectivity index (χ4v) is 2.64. The largest absolute Gasteiger partial charge is 0.388 e. The molecule has 128 valence electrons. The van der Waals surface area contributed by atoms with Crippen LogP contribution in [0.2, 0.25) is 0 Å². The SMILES string of the molecule is CNc1ccc(N=C2C=C(C(C)(C)C)C(=O)C(C(C)(C)C)=C2)cc1. The van der Waals surface area contributed by atoms with Crippen molar-refractivity contribution < 1.29 is 4.79 Å². The molecule has 3 heteroatoms. The molecule has 24 heavy (non-hydrogen) atoms. The minimum Gasteiger partial charge on any atom is -0.388 e. The highest BCUT2D eigenvalue weighted by Gasteiger charge is 2.34. The van der Waals surface area contributed by atoms with E-state index in [1.165, 1.54) is 0 Å². The van der Waals surface area contributed by atoms with Crippen molar-refractivity contribution in [3.8, 4) is 0 Å². The molecule has 1 N–H and O–H groups in total. The topological polar surface area (TPSA) is 41.5 Å². The maximum Gasteiger partial charge on any atom is 0.186 e. The quantitative estimate of drug-likeness (QED) is 0.747. The van der Waals surface area contributed by atoms with Gasteiger partial charge in [0.25, 0.3) is 0 Å². The molecule has 0 saturated heterocycles. The second-order valence-electron chi connectivity index (χ2n) is 8.28. The molecule has 3 nitrogen and oxygen atoms in total. The predicted molar refractivity (Wildman–Crippen MR) is 103 cm³/mol. The lowest BCUT2D eigenvalue weighted by molar-refractivity contribution is -0.114. The van der Waals surface area contributed by atoms with Crippen molar-refractivity contribution in [2.75, 3.05) is 12.4 Å². The number of nitrogens with zero attached hydrogens (tertiary/aromatic N) is 1. The van der Waals surface area contributed by atoms with Crippen LogP contribution in [0.1, 0.15) is 41.5 Å². The summed E-state index contributed by atoms with van der Waals surface area (Å²) in [5.74, 6) is 0.138. The molecule has 1 aliphatic carbocycles. The molecule has 0 aliphatic heterocycles. The Morgan fingerprint density at radius 1 is 0.833 bits per heavy atom. The Labute approximate surface area is 145 Å². The van der Waals surface area contributed by atoms with Crippen LogP contribution >= 0.6 is 0 Å². The van der Waals surface area contributed by atoms with Gasteiger partial charge in [-0.2, -0.15) is 0 Å². The molecule has 1 aliphatic rings. The lowest BCUT2D eigenvalue weighted by atomic mass is 9.72. The van der Waals surface area contributed by atoms with Gasteiger partial charge in [0.15, 0.2) is 5.78 Å². The minimum absolute atomic E-state index is 0.138. The Hall–Kier alpha value is -2.16. The van der Waals surface area contributed by atoms with E-state index in [0.717, 1.165) is 28.2 Å². The molecule has 0 radical (unpaired) electrons. The Morgan fingerprint density at radius 3 is 1.67 bits per heavy atom. The van der Waals surface area contributed by atoms with E-state index in [1.807, 2.05) is 43.5 Å². The summed E-state index contributed by atoms with van der Waals surface area (Å²) in [6, 6.07) is 7.95. The van der Waals surface area contributed by atoms with Crippen LogP contribution in [0.25, 0.3) is 0 Å². The lowest BCUT2D eigenvalue weighted by Crippen LogP contribution is -2.29. The molecule has 0 heterocycles. The van der Waals surface area contributed by atoms with Crippen molar-refractivity contribution in [1.82, 2.24) is 0 Å². The zero-order valence-electron chi connectivity index (χ0n) is 15.8. The van der Waals surface area contributed by atoms with Crippen molar-refractivity contribution in [3.05, 3.63) is 47.6 Å². The van der Waals surface area contributed by atoms with Crippen LogP contribution in [0, 0.1) is 10.8 Å². The van der Waals surface area contributed by atoms with Gasteiger partial charge < -0.3 is 5.32 Å². The highest BCUT2D eigenvalue weighted by Crippen LogP contribution is 2.37. The van der Waals surface area contributed by atoms with Crippen molar-refractivity contribution >= 4 is 22.9 Å². The van der Waals surface area contributed by atoms with E-state index >= 15 is 0 Å². The zero-order valence-corrected chi connectivity index (χ0v) is 15.8. The zero-order chi connectivity index (χ0) is 18.1. The lowest BCUT2D eigenvalue weighted by Gasteiger charge is -2.31. The summed E-state index contributed by atoms with van der Waals surface area (Å²) in [6.07, 6.45) is 3.87. The van der Waals surface area contributed by atoms with Gasteiger partial charge in [0.2, 0.25) is 0 Å². The van der Waals surface area contributed by atoms with E-state index in [4.69, 9.17) is 4.99 Å². The first-order chi connectivity index (χ1) is 11.0. The van der Waals surface area contributed by atoms with E-state index in [0.29, 0.717) is 0 Å². The van der Waals surface area contributed by atoms with Crippen molar-refractivity contribution in [2.24, 2.45) is 15.8 Å². The van der Waals surface area contributed by atoms with Crippen molar-refractivity contribution in [3.63, 3.8) is 0 Å². The third kappa shape index (κ3) is 4.02. The number of ketones is 1. The molecule has 0 unspecified atom stereocenters. The number of allylic oxidation sites excluding steroid dienone is 4. The number of rotatable bonds is 2. The molecule has 0 fully saturated rings. The van der Waals surface area contributed by atoms with Gasteiger partial charge in [0, 0.05) is 23.9 Å². The van der Waals surface area contributed by atoms with Gasteiger partial charge in [-0.15, -0.1) is 0 Å². The van der Waals surface area contributed by atoms with Crippen LogP contribution in [-0.2, 0) is 4.79 Å². The number of benzene rings is 1. The van der Waals surface area contributed by atoms with E-state index in [1.54, 1.807) is 0 Å². The van der Waals surface area contributed by atoms with Crippen LogP contribution in [0.15, 0.2) is 52.6 Å². The number of anilines is 1. The summed E-state index contributed by atoms with van der Waals surface area (Å²) < 4.78 is 0. The van der Waals surface area contributed by atoms with E-state index in [-0.39, 0.29) is 16.6 Å². The molecule has 0 aromatic heterocycles. The molecular weight excluding hydrogens is 296 g/mol. The van der Waals surface area contributed by atoms with Gasteiger partial charge in [-0.05, 0) is 47.2 Å². The molecule has 0 saturated carbocycles. The van der Waals surface area contributed by atoms with Crippen LogP contribution in [0.5, 0.6) is 0 Å². The molecule has 0 atom stereocenters. The number of hydrogen-bond donors (Lipinski definition) is 1. The van der Waals surface area contributed by atoms with Gasteiger partial charge in [0.1, 0.15) is 0 Å². The molecular formula is C21H28N2O. The standard InChI is InChI=1S/C21H28N2O/c1-20(2,3)17-12-16(13-18(19(17)24)21(4,5)6)23-15-10-8-14(22-7)9-11-15/h8-13,22H,1-7H3. The average Bonchev–Trinajstić information content (AvgIpc) is 2.47. The first kappa shape index (κ1) is 18.2. The Kier molecular flexibility index (Phi) is 4.84.